The second-order valence-corrected chi connectivity index (χ2v) is 7.43. The average Bonchev–Trinajstić information content (AvgIpc) is 3.03. The molecule has 1 aromatic rings. The Bertz CT molecular complexity index is 528. The fourth-order valence-corrected chi connectivity index (χ4v) is 4.62. The highest BCUT2D eigenvalue weighted by atomic mass is 32.1. The van der Waals surface area contributed by atoms with Crippen molar-refractivity contribution in [1.29, 1.82) is 0 Å². The van der Waals surface area contributed by atoms with Gasteiger partial charge in [0.05, 0.1) is 0 Å². The first kappa shape index (κ1) is 14.6. The van der Waals surface area contributed by atoms with Crippen molar-refractivity contribution in [3.05, 3.63) is 4.88 Å². The van der Waals surface area contributed by atoms with Crippen molar-refractivity contribution in [3.8, 4) is 0 Å². The maximum Gasteiger partial charge on any atom is 0.268 e. The van der Waals surface area contributed by atoms with Gasteiger partial charge < -0.3 is 16.0 Å². The summed E-state index contributed by atoms with van der Waals surface area (Å²) in [4.78, 5) is 19.8. The van der Waals surface area contributed by atoms with Crippen molar-refractivity contribution in [3.63, 3.8) is 0 Å². The molecular formula is C15H24N4OS. The first-order valence-electron chi connectivity index (χ1n) is 7.90. The summed E-state index contributed by atoms with van der Waals surface area (Å²) in [6.45, 7) is 4.96. The summed E-state index contributed by atoms with van der Waals surface area (Å²) in [5.41, 5.74) is 5.97. The van der Waals surface area contributed by atoms with E-state index in [1.54, 1.807) is 0 Å². The number of hydrogen-bond donors (Lipinski definition) is 2. The summed E-state index contributed by atoms with van der Waals surface area (Å²) in [6, 6.07) is 0.710. The number of carbonyl (C=O) groups excluding carboxylic acids is 1. The van der Waals surface area contributed by atoms with Crippen LogP contribution < -0.4 is 11.1 Å². The first-order valence-corrected chi connectivity index (χ1v) is 8.71. The third-order valence-corrected chi connectivity index (χ3v) is 5.50. The van der Waals surface area contributed by atoms with Crippen molar-refractivity contribution in [1.82, 2.24) is 9.88 Å². The van der Waals surface area contributed by atoms with Gasteiger partial charge in [0.1, 0.15) is 10.7 Å². The number of piperidine rings is 1. The number of carbonyl (C=O) groups is 1. The molecule has 1 amide bonds. The molecule has 2 unspecified atom stereocenters. The number of fused-ring (bicyclic) bond motifs is 1. The number of thiazole rings is 1. The summed E-state index contributed by atoms with van der Waals surface area (Å²) >= 11 is 1.39. The van der Waals surface area contributed by atoms with Crippen LogP contribution in [0.1, 0.15) is 55.6 Å². The fraction of sp³-hybridized carbons (Fsp3) is 0.733. The number of nitrogens with two attached hydrogens (primary N) is 1. The molecule has 2 atom stereocenters. The van der Waals surface area contributed by atoms with Crippen LogP contribution in [0, 0.1) is 5.92 Å². The number of hydrogen-bond acceptors (Lipinski definition) is 5. The lowest BCUT2D eigenvalue weighted by Gasteiger charge is -2.37. The molecule has 1 aliphatic carbocycles. The van der Waals surface area contributed by atoms with E-state index in [1.807, 2.05) is 13.8 Å². The molecule has 5 nitrogen and oxygen atoms in total. The summed E-state index contributed by atoms with van der Waals surface area (Å²) in [6.07, 6.45) is 6.05. The largest absolute Gasteiger partial charge is 0.382 e. The maximum atomic E-state index is 12.9. The van der Waals surface area contributed by atoms with Crippen LogP contribution in [-0.2, 0) is 0 Å². The molecule has 2 fully saturated rings. The van der Waals surface area contributed by atoms with Crippen LogP contribution in [0.15, 0.2) is 0 Å². The molecule has 3 N–H and O–H groups in total. The predicted octanol–water partition coefficient (Wildman–Crippen LogP) is 2.95. The van der Waals surface area contributed by atoms with Gasteiger partial charge in [-0.1, -0.05) is 17.8 Å². The minimum atomic E-state index is 0.0819. The topological polar surface area (TPSA) is 71.2 Å². The Morgan fingerprint density at radius 3 is 2.90 bits per heavy atom. The number of rotatable bonds is 3. The number of likely N-dealkylation sites (tertiary alicyclic amines) is 1. The number of nitrogen functional groups attached to an aromatic ring is 1. The zero-order chi connectivity index (χ0) is 15.0. The second-order valence-electron chi connectivity index (χ2n) is 6.43. The van der Waals surface area contributed by atoms with Gasteiger partial charge in [-0.05, 0) is 45.4 Å². The zero-order valence-electron chi connectivity index (χ0n) is 12.8. The van der Waals surface area contributed by atoms with E-state index >= 15 is 0 Å². The number of amides is 1. The monoisotopic (exact) mass is 308 g/mol. The van der Waals surface area contributed by atoms with Gasteiger partial charge in [-0.3, -0.25) is 4.79 Å². The van der Waals surface area contributed by atoms with Gasteiger partial charge in [0.25, 0.3) is 5.91 Å². The Hall–Kier alpha value is -1.30. The van der Waals surface area contributed by atoms with Crippen LogP contribution in [0.4, 0.5) is 10.9 Å². The molecule has 0 spiro atoms. The second kappa shape index (κ2) is 5.83. The summed E-state index contributed by atoms with van der Waals surface area (Å²) in [7, 11) is 0. The van der Waals surface area contributed by atoms with Gasteiger partial charge in [-0.15, -0.1) is 0 Å². The molecule has 2 aliphatic rings. The van der Waals surface area contributed by atoms with E-state index in [0.29, 0.717) is 22.7 Å². The Labute approximate surface area is 129 Å². The normalized spacial score (nSPS) is 25.2. The highest BCUT2D eigenvalue weighted by molar-refractivity contribution is 7.18. The molecule has 0 aromatic carbocycles. The Balaban J connectivity index is 1.79. The number of aromatic nitrogens is 1. The molecular weight excluding hydrogens is 284 g/mol. The first-order chi connectivity index (χ1) is 10.1. The third-order valence-electron chi connectivity index (χ3n) is 4.51. The van der Waals surface area contributed by atoms with E-state index in [4.69, 9.17) is 5.73 Å². The lowest BCUT2D eigenvalue weighted by molar-refractivity contribution is 0.0554. The van der Waals surface area contributed by atoms with Gasteiger partial charge in [-0.2, -0.15) is 0 Å². The van der Waals surface area contributed by atoms with Crippen molar-refractivity contribution >= 4 is 28.2 Å². The number of anilines is 2. The van der Waals surface area contributed by atoms with Crippen LogP contribution in [-0.4, -0.2) is 34.4 Å². The number of nitrogens with one attached hydrogen (secondary N) is 1. The Morgan fingerprint density at radius 1 is 1.38 bits per heavy atom. The molecule has 1 saturated heterocycles. The van der Waals surface area contributed by atoms with Gasteiger partial charge in [0.15, 0.2) is 5.13 Å². The van der Waals surface area contributed by atoms with E-state index in [2.05, 4.69) is 15.2 Å². The molecule has 116 valence electrons. The smallest absolute Gasteiger partial charge is 0.268 e. The zero-order valence-corrected chi connectivity index (χ0v) is 13.6. The molecule has 0 radical (unpaired) electrons. The molecule has 1 saturated carbocycles. The molecule has 2 heterocycles. The Kier molecular flexibility index (Phi) is 4.06. The SMILES string of the molecule is CC(C)Nc1nc(N)c(C(=O)N2CCCC3CCCC32)s1. The molecule has 3 rings (SSSR count). The van der Waals surface area contributed by atoms with Gasteiger partial charge >= 0.3 is 0 Å². The van der Waals surface area contributed by atoms with E-state index in [1.165, 1.54) is 30.6 Å². The number of nitrogens with zero attached hydrogens (tertiary/aromatic N) is 2. The summed E-state index contributed by atoms with van der Waals surface area (Å²) < 4.78 is 0. The lowest BCUT2D eigenvalue weighted by Crippen LogP contribution is -2.46. The van der Waals surface area contributed by atoms with Crippen LogP contribution in [0.2, 0.25) is 0 Å². The summed E-state index contributed by atoms with van der Waals surface area (Å²) in [5.74, 6) is 1.15. The molecule has 21 heavy (non-hydrogen) atoms. The van der Waals surface area contributed by atoms with Gasteiger partial charge in [0.2, 0.25) is 0 Å². The van der Waals surface area contributed by atoms with Crippen molar-refractivity contribution in [2.24, 2.45) is 5.92 Å². The molecule has 0 bridgehead atoms. The standard InChI is InChI=1S/C15H24N4OS/c1-9(2)17-15-18-13(16)12(21-15)14(20)19-8-4-6-10-5-3-7-11(10)19/h9-11H,3-8,16H2,1-2H3,(H,17,18). The quantitative estimate of drug-likeness (QED) is 0.900. The van der Waals surface area contributed by atoms with Gasteiger partial charge in [0, 0.05) is 18.6 Å². The third kappa shape index (κ3) is 2.86. The minimum Gasteiger partial charge on any atom is -0.382 e. The van der Waals surface area contributed by atoms with Crippen molar-refractivity contribution in [2.45, 2.75) is 58.0 Å². The highest BCUT2D eigenvalue weighted by Gasteiger charge is 2.38. The fourth-order valence-electron chi connectivity index (χ4n) is 3.63. The average molecular weight is 308 g/mol. The summed E-state index contributed by atoms with van der Waals surface area (Å²) in [5, 5.41) is 3.97. The van der Waals surface area contributed by atoms with Crippen molar-refractivity contribution in [2.75, 3.05) is 17.6 Å². The minimum absolute atomic E-state index is 0.0819. The van der Waals surface area contributed by atoms with Crippen LogP contribution in [0.25, 0.3) is 0 Å². The van der Waals surface area contributed by atoms with Crippen LogP contribution in [0.3, 0.4) is 0 Å². The van der Waals surface area contributed by atoms with E-state index in [9.17, 15) is 4.79 Å². The van der Waals surface area contributed by atoms with Gasteiger partial charge in [-0.25, -0.2) is 4.98 Å². The van der Waals surface area contributed by atoms with E-state index in [0.717, 1.165) is 24.5 Å². The van der Waals surface area contributed by atoms with Crippen molar-refractivity contribution < 1.29 is 4.79 Å². The van der Waals surface area contributed by atoms with Crippen LogP contribution >= 0.6 is 11.3 Å². The van der Waals surface area contributed by atoms with E-state index in [-0.39, 0.29) is 11.9 Å². The molecule has 6 heteroatoms. The van der Waals surface area contributed by atoms with E-state index < -0.39 is 0 Å². The molecule has 1 aromatic heterocycles. The highest BCUT2D eigenvalue weighted by Crippen LogP contribution is 2.38. The van der Waals surface area contributed by atoms with Crippen LogP contribution in [0.5, 0.6) is 0 Å². The Morgan fingerprint density at radius 2 is 2.14 bits per heavy atom. The maximum absolute atomic E-state index is 12.9. The lowest BCUT2D eigenvalue weighted by atomic mass is 9.92. The molecule has 1 aliphatic heterocycles. The predicted molar refractivity (Wildman–Crippen MR) is 86.7 cm³/mol.